The minimum Gasteiger partial charge on any atom is -0.306 e. The number of nitrogens with zero attached hydrogens (tertiary/aromatic N) is 4. The van der Waals surface area contributed by atoms with E-state index in [1.807, 2.05) is 18.2 Å². The number of tetrazole rings is 1. The molecular formula is C16H16FN5. The molecule has 0 aliphatic carbocycles. The zero-order chi connectivity index (χ0) is 15.4. The molecule has 5 nitrogen and oxygen atoms in total. The number of aromatic nitrogens is 4. The van der Waals surface area contributed by atoms with Crippen LogP contribution in [0.5, 0.6) is 0 Å². The first-order chi connectivity index (χ1) is 10.7. The Hall–Kier alpha value is -2.60. The first-order valence-corrected chi connectivity index (χ1v) is 7.03. The third kappa shape index (κ3) is 3.35. The van der Waals surface area contributed by atoms with E-state index >= 15 is 0 Å². The maximum Gasteiger partial charge on any atom is 0.143 e. The lowest BCUT2D eigenvalue weighted by Gasteiger charge is -2.15. The van der Waals surface area contributed by atoms with Crippen LogP contribution in [-0.4, -0.2) is 20.2 Å². The van der Waals surface area contributed by atoms with E-state index in [0.717, 1.165) is 16.8 Å². The highest BCUT2D eigenvalue weighted by molar-refractivity contribution is 5.35. The van der Waals surface area contributed by atoms with E-state index in [1.54, 1.807) is 23.1 Å². The first kappa shape index (κ1) is 14.3. The molecule has 2 aromatic carbocycles. The van der Waals surface area contributed by atoms with Gasteiger partial charge in [-0.25, -0.2) is 9.07 Å². The second-order valence-electron chi connectivity index (χ2n) is 5.08. The highest BCUT2D eigenvalue weighted by Crippen LogP contribution is 2.16. The molecule has 1 heterocycles. The Kier molecular flexibility index (Phi) is 4.20. The molecule has 1 atom stereocenters. The van der Waals surface area contributed by atoms with Crippen LogP contribution in [-0.2, 0) is 6.54 Å². The molecule has 0 saturated heterocycles. The molecule has 0 bridgehead atoms. The van der Waals surface area contributed by atoms with Crippen molar-refractivity contribution in [1.82, 2.24) is 25.5 Å². The minimum absolute atomic E-state index is 0.154. The van der Waals surface area contributed by atoms with Gasteiger partial charge in [-0.05, 0) is 52.7 Å². The van der Waals surface area contributed by atoms with Gasteiger partial charge in [0, 0.05) is 12.6 Å². The van der Waals surface area contributed by atoms with Gasteiger partial charge in [0.05, 0.1) is 5.69 Å². The van der Waals surface area contributed by atoms with Crippen molar-refractivity contribution < 1.29 is 4.39 Å². The van der Waals surface area contributed by atoms with Crippen molar-refractivity contribution in [2.75, 3.05) is 0 Å². The molecular weight excluding hydrogens is 281 g/mol. The quantitative estimate of drug-likeness (QED) is 0.786. The van der Waals surface area contributed by atoms with Gasteiger partial charge in [0.25, 0.3) is 0 Å². The summed E-state index contributed by atoms with van der Waals surface area (Å²) in [4.78, 5) is 0. The van der Waals surface area contributed by atoms with Gasteiger partial charge in [-0.1, -0.05) is 24.3 Å². The van der Waals surface area contributed by atoms with Crippen LogP contribution >= 0.6 is 0 Å². The molecule has 0 fully saturated rings. The average molecular weight is 297 g/mol. The smallest absolute Gasteiger partial charge is 0.143 e. The summed E-state index contributed by atoms with van der Waals surface area (Å²) < 4.78 is 14.5. The number of benzene rings is 2. The third-order valence-electron chi connectivity index (χ3n) is 3.51. The molecule has 1 aromatic heterocycles. The SMILES string of the molecule is CC(NCc1ccc(F)cc1)c1cccc(-n2cnnn2)c1. The van der Waals surface area contributed by atoms with Crippen molar-refractivity contribution in [1.29, 1.82) is 0 Å². The fraction of sp³-hybridized carbons (Fsp3) is 0.188. The Morgan fingerprint density at radius 2 is 2.00 bits per heavy atom. The Balaban J connectivity index is 1.68. The van der Waals surface area contributed by atoms with Crippen molar-refractivity contribution >= 4 is 0 Å². The number of rotatable bonds is 5. The van der Waals surface area contributed by atoms with E-state index in [4.69, 9.17) is 0 Å². The Morgan fingerprint density at radius 1 is 1.18 bits per heavy atom. The second kappa shape index (κ2) is 6.44. The zero-order valence-corrected chi connectivity index (χ0v) is 12.1. The van der Waals surface area contributed by atoms with Crippen LogP contribution in [0.3, 0.4) is 0 Å². The van der Waals surface area contributed by atoms with Crippen LogP contribution in [0.15, 0.2) is 54.9 Å². The number of nitrogens with one attached hydrogen (secondary N) is 1. The van der Waals surface area contributed by atoms with Crippen LogP contribution in [0.4, 0.5) is 4.39 Å². The van der Waals surface area contributed by atoms with E-state index in [1.165, 1.54) is 12.1 Å². The summed E-state index contributed by atoms with van der Waals surface area (Å²) in [6, 6.07) is 14.7. The highest BCUT2D eigenvalue weighted by Gasteiger charge is 2.07. The van der Waals surface area contributed by atoms with Crippen molar-refractivity contribution in [2.45, 2.75) is 19.5 Å². The minimum atomic E-state index is -0.217. The lowest BCUT2D eigenvalue weighted by Crippen LogP contribution is -2.18. The lowest BCUT2D eigenvalue weighted by atomic mass is 10.1. The fourth-order valence-corrected chi connectivity index (χ4v) is 2.21. The summed E-state index contributed by atoms with van der Waals surface area (Å²) in [7, 11) is 0. The van der Waals surface area contributed by atoms with Crippen molar-refractivity contribution in [3.8, 4) is 5.69 Å². The van der Waals surface area contributed by atoms with Gasteiger partial charge in [-0.3, -0.25) is 0 Å². The van der Waals surface area contributed by atoms with Crippen LogP contribution in [0.2, 0.25) is 0 Å². The summed E-state index contributed by atoms with van der Waals surface area (Å²) in [5, 5.41) is 14.6. The molecule has 6 heteroatoms. The zero-order valence-electron chi connectivity index (χ0n) is 12.1. The predicted octanol–water partition coefficient (Wildman–Crippen LogP) is 2.65. The monoisotopic (exact) mass is 297 g/mol. The molecule has 1 unspecified atom stereocenters. The van der Waals surface area contributed by atoms with Gasteiger partial charge in [0.2, 0.25) is 0 Å². The molecule has 0 radical (unpaired) electrons. The number of hydrogen-bond donors (Lipinski definition) is 1. The maximum absolute atomic E-state index is 12.9. The van der Waals surface area contributed by atoms with Gasteiger partial charge in [-0.2, -0.15) is 0 Å². The van der Waals surface area contributed by atoms with Crippen LogP contribution < -0.4 is 5.32 Å². The second-order valence-corrected chi connectivity index (χ2v) is 5.08. The van der Waals surface area contributed by atoms with E-state index < -0.39 is 0 Å². The van der Waals surface area contributed by atoms with Crippen LogP contribution in [0.1, 0.15) is 24.1 Å². The molecule has 0 saturated carbocycles. The Bertz CT molecular complexity index is 725. The number of halogens is 1. The fourth-order valence-electron chi connectivity index (χ4n) is 2.21. The molecule has 112 valence electrons. The molecule has 22 heavy (non-hydrogen) atoms. The Labute approximate surface area is 127 Å². The molecule has 0 spiro atoms. The summed E-state index contributed by atoms with van der Waals surface area (Å²) in [6.07, 6.45) is 1.57. The molecule has 1 N–H and O–H groups in total. The summed E-state index contributed by atoms with van der Waals surface area (Å²) in [5.74, 6) is -0.217. The third-order valence-corrected chi connectivity index (χ3v) is 3.51. The van der Waals surface area contributed by atoms with Gasteiger partial charge < -0.3 is 5.32 Å². The molecule has 0 aliphatic rings. The standard InChI is InChI=1S/C16H16FN5/c1-12(18-10-13-5-7-15(17)8-6-13)14-3-2-4-16(9-14)22-11-19-20-21-22/h2-9,11-12,18H,10H2,1H3. The molecule has 3 aromatic rings. The summed E-state index contributed by atoms with van der Waals surface area (Å²) >= 11 is 0. The van der Waals surface area contributed by atoms with Crippen molar-refractivity contribution in [3.05, 3.63) is 71.8 Å². The van der Waals surface area contributed by atoms with Crippen molar-refractivity contribution in [3.63, 3.8) is 0 Å². The van der Waals surface area contributed by atoms with E-state index in [9.17, 15) is 4.39 Å². The van der Waals surface area contributed by atoms with Crippen molar-refractivity contribution in [2.24, 2.45) is 0 Å². The molecule has 0 amide bonds. The Morgan fingerprint density at radius 3 is 2.73 bits per heavy atom. The molecule has 3 rings (SSSR count). The van der Waals surface area contributed by atoms with E-state index in [2.05, 4.69) is 33.8 Å². The largest absolute Gasteiger partial charge is 0.306 e. The lowest BCUT2D eigenvalue weighted by molar-refractivity contribution is 0.572. The van der Waals surface area contributed by atoms with Crippen LogP contribution in [0.25, 0.3) is 5.69 Å². The van der Waals surface area contributed by atoms with Gasteiger partial charge in [0.15, 0.2) is 0 Å². The van der Waals surface area contributed by atoms with E-state index in [0.29, 0.717) is 6.54 Å². The topological polar surface area (TPSA) is 55.6 Å². The van der Waals surface area contributed by atoms with Gasteiger partial charge in [-0.15, -0.1) is 5.10 Å². The maximum atomic E-state index is 12.9. The van der Waals surface area contributed by atoms with E-state index in [-0.39, 0.29) is 11.9 Å². The number of hydrogen-bond acceptors (Lipinski definition) is 4. The van der Waals surface area contributed by atoms with Gasteiger partial charge >= 0.3 is 0 Å². The average Bonchev–Trinajstić information content (AvgIpc) is 3.09. The van der Waals surface area contributed by atoms with Crippen LogP contribution in [0, 0.1) is 5.82 Å². The summed E-state index contributed by atoms with van der Waals surface area (Å²) in [6.45, 7) is 2.76. The highest BCUT2D eigenvalue weighted by atomic mass is 19.1. The summed E-state index contributed by atoms with van der Waals surface area (Å²) in [5.41, 5.74) is 3.10. The van der Waals surface area contributed by atoms with Gasteiger partial charge in [0.1, 0.15) is 12.1 Å². The predicted molar refractivity (Wildman–Crippen MR) is 80.8 cm³/mol. The normalized spacial score (nSPS) is 12.3. The first-order valence-electron chi connectivity index (χ1n) is 7.03. The molecule has 0 aliphatic heterocycles.